The molecule has 1 saturated heterocycles. The minimum Gasteiger partial charge on any atom is -0.327 e. The molecule has 3 fully saturated rings. The molecule has 2 saturated carbocycles. The first kappa shape index (κ1) is 22.3. The Morgan fingerprint density at radius 3 is 2.20 bits per heavy atom. The number of nitrogens with zero attached hydrogens (tertiary/aromatic N) is 3. The van der Waals surface area contributed by atoms with E-state index in [4.69, 9.17) is 28.2 Å². The Hall–Kier alpha value is -0.910. The number of aliphatic imine (C=N–C) groups is 1. The number of carbonyl (C=O) groups excluding carboxylic acids is 1. The predicted octanol–water partition coefficient (Wildman–Crippen LogP) is 6.74. The van der Waals surface area contributed by atoms with Gasteiger partial charge in [-0.15, -0.1) is 0 Å². The number of amidine groups is 1. The van der Waals surface area contributed by atoms with Crippen LogP contribution in [0.2, 0.25) is 10.0 Å². The molecule has 1 aromatic carbocycles. The van der Waals surface area contributed by atoms with Crippen molar-refractivity contribution in [3.63, 3.8) is 0 Å². The predicted molar refractivity (Wildman–Crippen MR) is 129 cm³/mol. The maximum atomic E-state index is 12.8. The number of hydrogen-bond acceptors (Lipinski definition) is 3. The quantitative estimate of drug-likeness (QED) is 0.491. The average molecular weight is 468 g/mol. The molecule has 7 heteroatoms. The minimum atomic E-state index is -0.0486. The van der Waals surface area contributed by atoms with Crippen LogP contribution in [0.4, 0.5) is 5.69 Å². The molecule has 4 nitrogen and oxygen atoms in total. The molecule has 2 aliphatic carbocycles. The van der Waals surface area contributed by atoms with E-state index in [9.17, 15) is 4.79 Å². The Bertz CT molecular complexity index is 770. The summed E-state index contributed by atoms with van der Waals surface area (Å²) in [4.78, 5) is 22.4. The summed E-state index contributed by atoms with van der Waals surface area (Å²) < 4.78 is 0. The van der Waals surface area contributed by atoms with Crippen molar-refractivity contribution < 1.29 is 4.79 Å². The third-order valence-electron chi connectivity index (χ3n) is 6.50. The number of hydrogen-bond donors (Lipinski definition) is 0. The van der Waals surface area contributed by atoms with Crippen LogP contribution in [0.15, 0.2) is 23.2 Å². The number of amides is 1. The van der Waals surface area contributed by atoms with Crippen LogP contribution in [0, 0.1) is 0 Å². The van der Waals surface area contributed by atoms with Crippen LogP contribution in [0.3, 0.4) is 0 Å². The van der Waals surface area contributed by atoms with E-state index >= 15 is 0 Å². The number of halogens is 2. The molecule has 1 aliphatic heterocycles. The van der Waals surface area contributed by atoms with Crippen LogP contribution in [0.5, 0.6) is 0 Å². The van der Waals surface area contributed by atoms with Crippen molar-refractivity contribution in [2.75, 3.05) is 10.7 Å². The Morgan fingerprint density at radius 1 is 1.00 bits per heavy atom. The second kappa shape index (κ2) is 10.1. The van der Waals surface area contributed by atoms with Crippen LogP contribution in [-0.2, 0) is 4.79 Å². The first-order valence-corrected chi connectivity index (χ1v) is 13.0. The molecule has 164 valence electrons. The molecular formula is C23H31Cl2N3OS. The molecule has 0 radical (unpaired) electrons. The number of benzene rings is 1. The lowest BCUT2D eigenvalue weighted by Gasteiger charge is -2.41. The lowest BCUT2D eigenvalue weighted by atomic mass is 9.94. The van der Waals surface area contributed by atoms with Crippen molar-refractivity contribution in [3.05, 3.63) is 28.2 Å². The molecular weight excluding hydrogens is 437 g/mol. The highest BCUT2D eigenvalue weighted by molar-refractivity contribution is 8.14. The van der Waals surface area contributed by atoms with Gasteiger partial charge in [0.05, 0.1) is 6.04 Å². The van der Waals surface area contributed by atoms with Crippen molar-refractivity contribution in [3.8, 4) is 0 Å². The molecule has 0 spiro atoms. The Labute approximate surface area is 194 Å². The van der Waals surface area contributed by atoms with E-state index in [0.29, 0.717) is 22.1 Å². The molecule has 1 unspecified atom stereocenters. The van der Waals surface area contributed by atoms with Gasteiger partial charge < -0.3 is 4.90 Å². The summed E-state index contributed by atoms with van der Waals surface area (Å²) in [6.45, 7) is 1.63. The van der Waals surface area contributed by atoms with Gasteiger partial charge in [-0.25, -0.2) is 0 Å². The molecule has 0 N–H and O–H groups in total. The largest absolute Gasteiger partial charge is 0.327 e. The standard InChI is InChI=1S/C23H31Cl2N3OS/c1-16(29)27(21-13-17(24)12-18(25)14-21)22-15-30-23(26-19-8-4-2-5-9-19)28(22)20-10-6-3-7-11-20/h12-14,19-20,22H,2-11,15H2,1H3. The van der Waals surface area contributed by atoms with Crippen molar-refractivity contribution >= 4 is 51.7 Å². The number of rotatable bonds is 4. The second-order valence-corrected chi connectivity index (χ2v) is 10.6. The average Bonchev–Trinajstić information content (AvgIpc) is 3.11. The molecule has 4 rings (SSSR count). The van der Waals surface area contributed by atoms with Gasteiger partial charge in [0.2, 0.25) is 5.91 Å². The molecule has 1 atom stereocenters. The summed E-state index contributed by atoms with van der Waals surface area (Å²) in [7, 11) is 0. The van der Waals surface area contributed by atoms with Gasteiger partial charge in [0.25, 0.3) is 0 Å². The Balaban J connectivity index is 1.68. The van der Waals surface area contributed by atoms with Gasteiger partial charge in [-0.2, -0.15) is 0 Å². The summed E-state index contributed by atoms with van der Waals surface area (Å²) in [5, 5.41) is 2.24. The van der Waals surface area contributed by atoms with E-state index in [2.05, 4.69) is 4.90 Å². The normalized spacial score (nSPS) is 25.1. The fraction of sp³-hybridized carbons (Fsp3) is 0.652. The van der Waals surface area contributed by atoms with Gasteiger partial charge in [0, 0.05) is 34.5 Å². The lowest BCUT2D eigenvalue weighted by Crippen LogP contribution is -2.54. The first-order chi connectivity index (χ1) is 14.5. The van der Waals surface area contributed by atoms with E-state index < -0.39 is 0 Å². The Morgan fingerprint density at radius 2 is 1.60 bits per heavy atom. The van der Waals surface area contributed by atoms with Crippen LogP contribution in [0.1, 0.15) is 71.1 Å². The molecule has 1 heterocycles. The second-order valence-electron chi connectivity index (χ2n) is 8.71. The third kappa shape index (κ3) is 5.11. The smallest absolute Gasteiger partial charge is 0.225 e. The molecule has 1 aromatic rings. The van der Waals surface area contributed by atoms with Crippen molar-refractivity contribution in [1.29, 1.82) is 0 Å². The maximum Gasteiger partial charge on any atom is 0.225 e. The zero-order chi connectivity index (χ0) is 21.1. The van der Waals surface area contributed by atoms with Crippen molar-refractivity contribution in [2.45, 2.75) is 89.4 Å². The molecule has 0 bridgehead atoms. The van der Waals surface area contributed by atoms with Gasteiger partial charge in [-0.1, -0.05) is 73.5 Å². The summed E-state index contributed by atoms with van der Waals surface area (Å²) in [6, 6.07) is 6.27. The number of thioether (sulfide) groups is 1. The summed E-state index contributed by atoms with van der Waals surface area (Å²) in [5.74, 6) is 0.838. The fourth-order valence-corrected chi connectivity index (χ4v) is 6.87. The topological polar surface area (TPSA) is 35.9 Å². The van der Waals surface area contributed by atoms with Gasteiger partial charge in [0.1, 0.15) is 6.17 Å². The number of carbonyl (C=O) groups is 1. The van der Waals surface area contributed by atoms with Gasteiger partial charge in [0.15, 0.2) is 5.17 Å². The van der Waals surface area contributed by atoms with Crippen LogP contribution >= 0.6 is 35.0 Å². The van der Waals surface area contributed by atoms with Gasteiger partial charge >= 0.3 is 0 Å². The SMILES string of the molecule is CC(=O)N(c1cc(Cl)cc(Cl)c1)C1CSC(=NC2CCCCC2)N1C1CCCCC1. The van der Waals surface area contributed by atoms with E-state index in [-0.39, 0.29) is 12.1 Å². The van der Waals surface area contributed by atoms with E-state index in [1.807, 2.05) is 28.8 Å². The molecule has 1 amide bonds. The fourth-order valence-electron chi connectivity index (χ4n) is 5.10. The highest BCUT2D eigenvalue weighted by Gasteiger charge is 2.41. The highest BCUT2D eigenvalue weighted by Crippen LogP contribution is 2.38. The molecule has 0 aromatic heterocycles. The number of anilines is 1. The van der Waals surface area contributed by atoms with E-state index in [0.717, 1.165) is 16.6 Å². The third-order valence-corrected chi connectivity index (χ3v) is 7.98. The lowest BCUT2D eigenvalue weighted by molar-refractivity contribution is -0.117. The monoisotopic (exact) mass is 467 g/mol. The first-order valence-electron chi connectivity index (χ1n) is 11.3. The van der Waals surface area contributed by atoms with Gasteiger partial charge in [-0.3, -0.25) is 14.7 Å². The summed E-state index contributed by atoms with van der Waals surface area (Å²) in [5.41, 5.74) is 0.769. The molecule has 3 aliphatic rings. The zero-order valence-corrected chi connectivity index (χ0v) is 20.0. The van der Waals surface area contributed by atoms with Crippen molar-refractivity contribution in [2.24, 2.45) is 4.99 Å². The van der Waals surface area contributed by atoms with Crippen LogP contribution in [-0.4, -0.2) is 40.0 Å². The summed E-state index contributed by atoms with van der Waals surface area (Å²) in [6.07, 6.45) is 12.4. The van der Waals surface area contributed by atoms with E-state index in [1.165, 1.54) is 64.2 Å². The minimum absolute atomic E-state index is 0.0126. The van der Waals surface area contributed by atoms with Crippen LogP contribution < -0.4 is 4.90 Å². The van der Waals surface area contributed by atoms with Crippen molar-refractivity contribution in [1.82, 2.24) is 4.90 Å². The van der Waals surface area contributed by atoms with Gasteiger partial charge in [-0.05, 0) is 43.9 Å². The maximum absolute atomic E-state index is 12.8. The highest BCUT2D eigenvalue weighted by atomic mass is 35.5. The zero-order valence-electron chi connectivity index (χ0n) is 17.7. The summed E-state index contributed by atoms with van der Waals surface area (Å²) >= 11 is 14.4. The molecule has 30 heavy (non-hydrogen) atoms. The Kier molecular flexibility index (Phi) is 7.53. The van der Waals surface area contributed by atoms with Crippen LogP contribution in [0.25, 0.3) is 0 Å². The van der Waals surface area contributed by atoms with E-state index in [1.54, 1.807) is 13.0 Å².